The summed E-state index contributed by atoms with van der Waals surface area (Å²) in [5.74, 6) is 3.19. The molecule has 0 fully saturated rings. The van der Waals surface area contributed by atoms with Crippen molar-refractivity contribution in [1.82, 2.24) is 24.3 Å². The average Bonchev–Trinajstić information content (AvgIpc) is 3.45. The number of nitrogens with zero attached hydrogens (tertiary/aromatic N) is 5. The van der Waals surface area contributed by atoms with E-state index in [2.05, 4.69) is 62.1 Å². The molecule has 0 bridgehead atoms. The van der Waals surface area contributed by atoms with E-state index in [1.165, 1.54) is 16.2 Å². The van der Waals surface area contributed by atoms with Crippen LogP contribution in [-0.4, -0.2) is 24.3 Å². The maximum atomic E-state index is 6.39. The first-order valence-electron chi connectivity index (χ1n) is 11.1. The van der Waals surface area contributed by atoms with Crippen molar-refractivity contribution in [3.05, 3.63) is 97.5 Å². The largest absolute Gasteiger partial charge is 0.457 e. The second kappa shape index (κ2) is 7.15. The Hall–Kier alpha value is -4.71. The van der Waals surface area contributed by atoms with Crippen molar-refractivity contribution in [3.63, 3.8) is 0 Å². The molecule has 0 aliphatic rings. The van der Waals surface area contributed by atoms with Crippen LogP contribution in [-0.2, 0) is 7.05 Å². The summed E-state index contributed by atoms with van der Waals surface area (Å²) < 4.78 is 10.4. The van der Waals surface area contributed by atoms with Crippen molar-refractivity contribution in [1.29, 1.82) is 0 Å². The minimum atomic E-state index is 0.744. The molecule has 3 aromatic heterocycles. The molecule has 0 saturated heterocycles. The molecule has 0 unspecified atom stereocenters. The van der Waals surface area contributed by atoms with Gasteiger partial charge in [-0.05, 0) is 47.2 Å². The summed E-state index contributed by atoms with van der Waals surface area (Å²) in [6.07, 6.45) is 3.38. The van der Waals surface area contributed by atoms with Gasteiger partial charge in [0.15, 0.2) is 5.82 Å². The van der Waals surface area contributed by atoms with E-state index in [0.29, 0.717) is 0 Å². The first-order valence-corrected chi connectivity index (χ1v) is 11.1. The van der Waals surface area contributed by atoms with Gasteiger partial charge in [-0.1, -0.05) is 42.5 Å². The Kier molecular flexibility index (Phi) is 3.96. The second-order valence-corrected chi connectivity index (χ2v) is 8.34. The zero-order chi connectivity index (χ0) is 22.6. The highest BCUT2D eigenvalue weighted by Crippen LogP contribution is 2.41. The lowest BCUT2D eigenvalue weighted by Gasteiger charge is -2.11. The Labute approximate surface area is 195 Å². The van der Waals surface area contributed by atoms with Crippen LogP contribution in [0.25, 0.3) is 49.8 Å². The third-order valence-electron chi connectivity index (χ3n) is 6.29. The van der Waals surface area contributed by atoms with Crippen molar-refractivity contribution < 1.29 is 4.74 Å². The van der Waals surface area contributed by atoms with E-state index in [1.54, 1.807) is 11.0 Å². The lowest BCUT2D eigenvalue weighted by molar-refractivity contribution is 0.484. The molecule has 162 valence electrons. The highest BCUT2D eigenvalue weighted by atomic mass is 16.5. The number of pyridine rings is 1. The van der Waals surface area contributed by atoms with E-state index in [4.69, 9.17) is 4.74 Å². The van der Waals surface area contributed by atoms with Gasteiger partial charge in [0.25, 0.3) is 0 Å². The fourth-order valence-corrected chi connectivity index (χ4v) is 4.85. The van der Waals surface area contributed by atoms with Gasteiger partial charge in [0.05, 0.1) is 11.0 Å². The molecule has 0 aliphatic heterocycles. The molecule has 0 spiro atoms. The van der Waals surface area contributed by atoms with Crippen LogP contribution in [0, 0.1) is 0 Å². The van der Waals surface area contributed by atoms with Crippen molar-refractivity contribution in [3.8, 4) is 28.7 Å². The summed E-state index contributed by atoms with van der Waals surface area (Å²) in [5.41, 5.74) is 3.16. The fraction of sp³-hybridized carbons (Fsp3) is 0.0357. The number of hydrogen-bond donors (Lipinski definition) is 0. The molecule has 3 heterocycles. The maximum absolute atomic E-state index is 6.39. The number of hydrogen-bond acceptors (Lipinski definition) is 4. The minimum absolute atomic E-state index is 0.744. The summed E-state index contributed by atoms with van der Waals surface area (Å²) in [5, 5.41) is 9.00. The van der Waals surface area contributed by atoms with Crippen molar-refractivity contribution >= 4 is 32.6 Å². The van der Waals surface area contributed by atoms with E-state index in [1.807, 2.05) is 55.7 Å². The minimum Gasteiger partial charge on any atom is -0.457 e. The second-order valence-electron chi connectivity index (χ2n) is 8.34. The molecule has 6 nitrogen and oxygen atoms in total. The number of rotatable bonds is 4. The molecule has 0 radical (unpaired) electrons. The summed E-state index contributed by atoms with van der Waals surface area (Å²) >= 11 is 0. The molecule has 4 aromatic carbocycles. The van der Waals surface area contributed by atoms with Crippen LogP contribution in [0.15, 0.2) is 97.5 Å². The molecule has 6 heteroatoms. The third-order valence-corrected chi connectivity index (χ3v) is 6.29. The van der Waals surface area contributed by atoms with Gasteiger partial charge >= 0.3 is 0 Å². The number of benzene rings is 4. The molecule has 7 aromatic rings. The van der Waals surface area contributed by atoms with Crippen LogP contribution in [0.3, 0.4) is 0 Å². The van der Waals surface area contributed by atoms with E-state index in [0.717, 1.165) is 45.1 Å². The highest BCUT2D eigenvalue weighted by molar-refractivity contribution is 6.24. The van der Waals surface area contributed by atoms with Gasteiger partial charge in [-0.2, -0.15) is 5.10 Å². The Morgan fingerprint density at radius 2 is 1.59 bits per heavy atom. The summed E-state index contributed by atoms with van der Waals surface area (Å²) in [7, 11) is 1.88. The summed E-state index contributed by atoms with van der Waals surface area (Å²) in [6.45, 7) is 0. The van der Waals surface area contributed by atoms with Gasteiger partial charge in [-0.25, -0.2) is 14.6 Å². The van der Waals surface area contributed by atoms with E-state index < -0.39 is 0 Å². The Morgan fingerprint density at radius 3 is 2.44 bits per heavy atom. The quantitative estimate of drug-likeness (QED) is 0.298. The van der Waals surface area contributed by atoms with Crippen molar-refractivity contribution in [2.24, 2.45) is 7.05 Å². The molecular weight excluding hydrogens is 422 g/mol. The Morgan fingerprint density at radius 1 is 0.706 bits per heavy atom. The molecule has 34 heavy (non-hydrogen) atoms. The SMILES string of the molecule is Cn1ncnc1-c1cccc(Oc2cc3ccc4cccc5c4c3c(c2)n5-c2ccccn2)c1. The van der Waals surface area contributed by atoms with Gasteiger partial charge in [0.2, 0.25) is 0 Å². The summed E-state index contributed by atoms with van der Waals surface area (Å²) in [6, 6.07) is 28.9. The number of ether oxygens (including phenoxy) is 1. The smallest absolute Gasteiger partial charge is 0.157 e. The van der Waals surface area contributed by atoms with Crippen LogP contribution >= 0.6 is 0 Å². The van der Waals surface area contributed by atoms with E-state index in [9.17, 15) is 0 Å². The molecule has 0 atom stereocenters. The van der Waals surface area contributed by atoms with Crippen LogP contribution < -0.4 is 4.74 Å². The van der Waals surface area contributed by atoms with Crippen LogP contribution in [0.1, 0.15) is 0 Å². The molecule has 0 aliphatic carbocycles. The summed E-state index contributed by atoms with van der Waals surface area (Å²) in [4.78, 5) is 9.01. The molecule has 0 saturated carbocycles. The van der Waals surface area contributed by atoms with Gasteiger partial charge in [0, 0.05) is 35.6 Å². The van der Waals surface area contributed by atoms with Gasteiger partial charge in [-0.3, -0.25) is 4.57 Å². The molecule has 0 amide bonds. The van der Waals surface area contributed by atoms with Crippen molar-refractivity contribution in [2.75, 3.05) is 0 Å². The normalized spacial score (nSPS) is 11.7. The predicted molar refractivity (Wildman–Crippen MR) is 134 cm³/mol. The molecule has 7 rings (SSSR count). The first kappa shape index (κ1) is 18.8. The number of aromatic nitrogens is 5. The van der Waals surface area contributed by atoms with Gasteiger partial charge in [-0.15, -0.1) is 0 Å². The lowest BCUT2D eigenvalue weighted by atomic mass is 10.0. The average molecular weight is 441 g/mol. The predicted octanol–water partition coefficient (Wildman–Crippen LogP) is 6.36. The maximum Gasteiger partial charge on any atom is 0.157 e. The highest BCUT2D eigenvalue weighted by Gasteiger charge is 2.18. The van der Waals surface area contributed by atoms with Crippen LogP contribution in [0.5, 0.6) is 11.5 Å². The fourth-order valence-electron chi connectivity index (χ4n) is 4.85. The Balaban J connectivity index is 1.43. The zero-order valence-electron chi connectivity index (χ0n) is 18.4. The Bertz CT molecular complexity index is 1800. The third kappa shape index (κ3) is 2.79. The van der Waals surface area contributed by atoms with E-state index >= 15 is 0 Å². The first-order chi connectivity index (χ1) is 16.8. The van der Waals surface area contributed by atoms with Gasteiger partial charge in [0.1, 0.15) is 23.6 Å². The van der Waals surface area contributed by atoms with Crippen LogP contribution in [0.2, 0.25) is 0 Å². The zero-order valence-corrected chi connectivity index (χ0v) is 18.4. The standard InChI is InChI=1S/C28H19N5O/c1-32-28(30-17-31-32)20-7-4-8-21(15-20)34-22-14-19-12-11-18-6-5-9-23-26(18)27(19)24(16-22)33(23)25-10-2-3-13-29-25/h2-17H,1H3. The topological polar surface area (TPSA) is 57.8 Å². The number of aryl methyl sites for hydroxylation is 1. The van der Waals surface area contributed by atoms with Crippen LogP contribution in [0.4, 0.5) is 0 Å². The van der Waals surface area contributed by atoms with Crippen molar-refractivity contribution in [2.45, 2.75) is 0 Å². The molecule has 0 N–H and O–H groups in total. The van der Waals surface area contributed by atoms with E-state index in [-0.39, 0.29) is 0 Å². The monoisotopic (exact) mass is 441 g/mol. The molecular formula is C28H19N5O. The van der Waals surface area contributed by atoms with Gasteiger partial charge < -0.3 is 4.74 Å². The lowest BCUT2D eigenvalue weighted by Crippen LogP contribution is -1.96.